The SMILES string of the molecule is COc1ccc(OC)c(-c2csc(N(CCCN(C)C)C(=O)c3ccccc3F)n2)c1. The molecule has 0 radical (unpaired) electrons. The Morgan fingerprint density at radius 2 is 1.87 bits per heavy atom. The van der Waals surface area contributed by atoms with Gasteiger partial charge >= 0.3 is 0 Å². The number of carbonyl (C=O) groups excluding carboxylic acids is 1. The molecule has 0 aliphatic rings. The molecule has 3 aromatic rings. The van der Waals surface area contributed by atoms with Crippen LogP contribution in [0.2, 0.25) is 0 Å². The lowest BCUT2D eigenvalue weighted by Crippen LogP contribution is -2.34. The van der Waals surface area contributed by atoms with Gasteiger partial charge in [0.05, 0.1) is 25.5 Å². The summed E-state index contributed by atoms with van der Waals surface area (Å²) in [6, 6.07) is 11.5. The Morgan fingerprint density at radius 1 is 1.10 bits per heavy atom. The van der Waals surface area contributed by atoms with Crippen LogP contribution in [0, 0.1) is 5.82 Å². The molecule has 164 valence electrons. The number of thiazole rings is 1. The van der Waals surface area contributed by atoms with E-state index in [0.717, 1.165) is 18.5 Å². The van der Waals surface area contributed by atoms with Gasteiger partial charge in [0.2, 0.25) is 0 Å². The van der Waals surface area contributed by atoms with E-state index < -0.39 is 11.7 Å². The van der Waals surface area contributed by atoms with Crippen molar-refractivity contribution in [2.75, 3.05) is 46.3 Å². The number of halogens is 1. The number of ether oxygens (including phenoxy) is 2. The van der Waals surface area contributed by atoms with Gasteiger partial charge < -0.3 is 14.4 Å². The predicted molar refractivity (Wildman–Crippen MR) is 122 cm³/mol. The lowest BCUT2D eigenvalue weighted by atomic mass is 10.1. The zero-order chi connectivity index (χ0) is 22.4. The highest BCUT2D eigenvalue weighted by Gasteiger charge is 2.24. The average molecular weight is 444 g/mol. The maximum Gasteiger partial charge on any atom is 0.263 e. The minimum absolute atomic E-state index is 0.0306. The third-order valence-corrected chi connectivity index (χ3v) is 5.61. The van der Waals surface area contributed by atoms with E-state index in [-0.39, 0.29) is 5.56 Å². The fourth-order valence-electron chi connectivity index (χ4n) is 3.14. The van der Waals surface area contributed by atoms with Crippen LogP contribution in [-0.4, -0.2) is 57.2 Å². The van der Waals surface area contributed by atoms with Crippen LogP contribution in [0.25, 0.3) is 11.3 Å². The fraction of sp³-hybridized carbons (Fsp3) is 0.304. The van der Waals surface area contributed by atoms with Gasteiger partial charge in [-0.25, -0.2) is 9.37 Å². The zero-order valence-corrected chi connectivity index (χ0v) is 18.9. The number of hydrogen-bond acceptors (Lipinski definition) is 6. The second kappa shape index (κ2) is 10.4. The Hall–Kier alpha value is -2.97. The van der Waals surface area contributed by atoms with Crippen molar-refractivity contribution in [1.82, 2.24) is 9.88 Å². The van der Waals surface area contributed by atoms with E-state index in [0.29, 0.717) is 28.9 Å². The first kappa shape index (κ1) is 22.7. The highest BCUT2D eigenvalue weighted by atomic mass is 32.1. The molecule has 0 unspecified atom stereocenters. The van der Waals surface area contributed by atoms with Gasteiger partial charge in [0.15, 0.2) is 5.13 Å². The minimum Gasteiger partial charge on any atom is -0.497 e. The molecule has 0 aliphatic heterocycles. The van der Waals surface area contributed by atoms with Gasteiger partial charge in [-0.1, -0.05) is 12.1 Å². The Balaban J connectivity index is 1.96. The first-order valence-electron chi connectivity index (χ1n) is 9.83. The van der Waals surface area contributed by atoms with Gasteiger partial charge in [0.25, 0.3) is 5.91 Å². The molecule has 1 aromatic heterocycles. The monoisotopic (exact) mass is 443 g/mol. The average Bonchev–Trinajstić information content (AvgIpc) is 3.25. The molecule has 0 fully saturated rings. The summed E-state index contributed by atoms with van der Waals surface area (Å²) >= 11 is 1.33. The van der Waals surface area contributed by atoms with Gasteiger partial charge in [0.1, 0.15) is 17.3 Å². The van der Waals surface area contributed by atoms with E-state index in [1.54, 1.807) is 31.3 Å². The maximum atomic E-state index is 14.3. The smallest absolute Gasteiger partial charge is 0.263 e. The molecule has 0 saturated heterocycles. The summed E-state index contributed by atoms with van der Waals surface area (Å²) in [5.41, 5.74) is 1.45. The van der Waals surface area contributed by atoms with E-state index in [9.17, 15) is 9.18 Å². The molecule has 0 saturated carbocycles. The number of carbonyl (C=O) groups is 1. The predicted octanol–water partition coefficient (Wildman–Crippen LogP) is 4.56. The number of amides is 1. The third kappa shape index (κ3) is 5.39. The number of anilines is 1. The number of nitrogens with zero attached hydrogens (tertiary/aromatic N) is 3. The fourth-order valence-corrected chi connectivity index (χ4v) is 3.98. The summed E-state index contributed by atoms with van der Waals surface area (Å²) < 4.78 is 25.1. The van der Waals surface area contributed by atoms with Crippen molar-refractivity contribution in [3.05, 3.63) is 59.2 Å². The topological polar surface area (TPSA) is 54.9 Å². The Labute approximate surface area is 185 Å². The normalized spacial score (nSPS) is 10.9. The third-order valence-electron chi connectivity index (χ3n) is 4.74. The number of methoxy groups -OCH3 is 2. The molecule has 0 aliphatic carbocycles. The van der Waals surface area contributed by atoms with E-state index in [4.69, 9.17) is 14.5 Å². The van der Waals surface area contributed by atoms with Crippen molar-refractivity contribution < 1.29 is 18.7 Å². The van der Waals surface area contributed by atoms with E-state index in [1.165, 1.54) is 23.5 Å². The quantitative estimate of drug-likeness (QED) is 0.485. The summed E-state index contributed by atoms with van der Waals surface area (Å²) in [5.74, 6) is 0.375. The molecule has 8 heteroatoms. The molecule has 3 rings (SSSR count). The van der Waals surface area contributed by atoms with Crippen molar-refractivity contribution >= 4 is 22.4 Å². The van der Waals surface area contributed by atoms with Crippen LogP contribution >= 0.6 is 11.3 Å². The van der Waals surface area contributed by atoms with Crippen LogP contribution in [0.5, 0.6) is 11.5 Å². The number of benzene rings is 2. The molecule has 1 heterocycles. The molecule has 0 N–H and O–H groups in total. The molecule has 1 amide bonds. The van der Waals surface area contributed by atoms with Gasteiger partial charge in [0, 0.05) is 17.5 Å². The molecular weight excluding hydrogens is 417 g/mol. The highest BCUT2D eigenvalue weighted by Crippen LogP contribution is 2.36. The van der Waals surface area contributed by atoms with Gasteiger partial charge in [-0.2, -0.15) is 0 Å². The van der Waals surface area contributed by atoms with Crippen molar-refractivity contribution in [3.8, 4) is 22.8 Å². The molecule has 0 atom stereocenters. The van der Waals surface area contributed by atoms with Crippen molar-refractivity contribution in [2.24, 2.45) is 0 Å². The summed E-state index contributed by atoms with van der Waals surface area (Å²) in [7, 11) is 7.13. The van der Waals surface area contributed by atoms with Crippen molar-refractivity contribution in [1.29, 1.82) is 0 Å². The van der Waals surface area contributed by atoms with Crippen LogP contribution < -0.4 is 14.4 Å². The van der Waals surface area contributed by atoms with Gasteiger partial charge in [-0.05, 0) is 57.4 Å². The van der Waals surface area contributed by atoms with Crippen LogP contribution in [0.15, 0.2) is 47.8 Å². The summed E-state index contributed by atoms with van der Waals surface area (Å²) in [6.07, 6.45) is 0.727. The number of rotatable bonds is 9. The van der Waals surface area contributed by atoms with Crippen LogP contribution in [0.1, 0.15) is 16.8 Å². The molecule has 31 heavy (non-hydrogen) atoms. The zero-order valence-electron chi connectivity index (χ0n) is 18.1. The lowest BCUT2D eigenvalue weighted by Gasteiger charge is -2.21. The molecule has 0 bridgehead atoms. The van der Waals surface area contributed by atoms with E-state index >= 15 is 0 Å². The van der Waals surface area contributed by atoms with Gasteiger partial charge in [-0.3, -0.25) is 9.69 Å². The maximum absolute atomic E-state index is 14.3. The minimum atomic E-state index is -0.545. The second-order valence-corrected chi connectivity index (χ2v) is 8.01. The van der Waals surface area contributed by atoms with Crippen LogP contribution in [-0.2, 0) is 0 Å². The highest BCUT2D eigenvalue weighted by molar-refractivity contribution is 7.14. The Kier molecular flexibility index (Phi) is 7.59. The molecule has 2 aromatic carbocycles. The van der Waals surface area contributed by atoms with Crippen LogP contribution in [0.3, 0.4) is 0 Å². The van der Waals surface area contributed by atoms with Crippen molar-refractivity contribution in [2.45, 2.75) is 6.42 Å². The summed E-state index contributed by atoms with van der Waals surface area (Å²) in [6.45, 7) is 1.22. The first-order chi connectivity index (χ1) is 14.9. The largest absolute Gasteiger partial charge is 0.497 e. The van der Waals surface area contributed by atoms with E-state index in [1.807, 2.05) is 42.6 Å². The summed E-state index contributed by atoms with van der Waals surface area (Å²) in [5, 5.41) is 2.37. The Morgan fingerprint density at radius 3 is 2.55 bits per heavy atom. The number of aromatic nitrogens is 1. The van der Waals surface area contributed by atoms with Crippen molar-refractivity contribution in [3.63, 3.8) is 0 Å². The Bertz CT molecular complexity index is 1040. The van der Waals surface area contributed by atoms with E-state index in [2.05, 4.69) is 0 Å². The molecular formula is C23H26FN3O3S. The summed E-state index contributed by atoms with van der Waals surface area (Å²) in [4.78, 5) is 21.5. The number of hydrogen-bond donors (Lipinski definition) is 0. The van der Waals surface area contributed by atoms with Crippen LogP contribution in [0.4, 0.5) is 9.52 Å². The lowest BCUT2D eigenvalue weighted by molar-refractivity contribution is 0.0982. The molecule has 6 nitrogen and oxygen atoms in total. The first-order valence-corrected chi connectivity index (χ1v) is 10.7. The van der Waals surface area contributed by atoms with Gasteiger partial charge in [-0.15, -0.1) is 11.3 Å². The molecule has 0 spiro atoms. The standard InChI is InChI=1S/C23H26FN3O3S/c1-26(2)12-7-13-27(22(28)17-8-5-6-9-19(17)24)23-25-20(15-31-23)18-14-16(29-3)10-11-21(18)30-4/h5-6,8-11,14-15H,7,12-13H2,1-4H3. The second-order valence-electron chi connectivity index (χ2n) is 7.18.